The molecule has 1 N–H and O–H groups in total. The molecule has 0 radical (unpaired) electrons. The summed E-state index contributed by atoms with van der Waals surface area (Å²) in [5.41, 5.74) is 0. The zero-order valence-corrected chi connectivity index (χ0v) is 11.8. The van der Waals surface area contributed by atoms with Gasteiger partial charge in [-0.15, -0.1) is 0 Å². The fraction of sp³-hybridized carbons (Fsp3) is 1.00. The largest absolute Gasteiger partial charge is 0.312 e. The van der Waals surface area contributed by atoms with Gasteiger partial charge in [0, 0.05) is 12.1 Å². The first-order valence-corrected chi connectivity index (χ1v) is 7.85. The molecular weight excluding hydrogens is 202 g/mol. The van der Waals surface area contributed by atoms with Crippen molar-refractivity contribution in [3.05, 3.63) is 0 Å². The summed E-state index contributed by atoms with van der Waals surface area (Å²) in [6.07, 6.45) is 10.3. The van der Waals surface area contributed by atoms with E-state index < -0.39 is 0 Å². The van der Waals surface area contributed by atoms with E-state index in [1.807, 2.05) is 11.8 Å². The molecule has 0 bridgehead atoms. The Morgan fingerprint density at radius 1 is 1.00 bits per heavy atom. The van der Waals surface area contributed by atoms with Gasteiger partial charge in [0.2, 0.25) is 0 Å². The Morgan fingerprint density at radius 3 is 2.27 bits per heavy atom. The first-order valence-electron chi connectivity index (χ1n) is 6.45. The van der Waals surface area contributed by atoms with Crippen LogP contribution in [-0.2, 0) is 0 Å². The minimum absolute atomic E-state index is 0.679. The quantitative estimate of drug-likeness (QED) is 0.569. The molecule has 0 fully saturated rings. The molecule has 0 spiro atoms. The van der Waals surface area contributed by atoms with Crippen molar-refractivity contribution in [2.24, 2.45) is 0 Å². The van der Waals surface area contributed by atoms with Crippen LogP contribution < -0.4 is 5.32 Å². The predicted octanol–water partition coefficient (Wildman–Crippen LogP) is 4.08. The Bertz CT molecular complexity index is 128. The van der Waals surface area contributed by atoms with Gasteiger partial charge in [0.15, 0.2) is 0 Å². The molecule has 1 nitrogen and oxygen atoms in total. The highest BCUT2D eigenvalue weighted by atomic mass is 32.2. The van der Waals surface area contributed by atoms with Crippen molar-refractivity contribution in [3.63, 3.8) is 0 Å². The van der Waals surface area contributed by atoms with Crippen molar-refractivity contribution in [1.82, 2.24) is 5.32 Å². The standard InChI is InChI=1S/C13H29NS/c1-5-6-7-8-9-12(2)14-13(3)10-11-15-4/h12-14H,5-11H2,1-4H3. The van der Waals surface area contributed by atoms with Gasteiger partial charge in [-0.2, -0.15) is 11.8 Å². The summed E-state index contributed by atoms with van der Waals surface area (Å²) < 4.78 is 0. The van der Waals surface area contributed by atoms with E-state index in [2.05, 4.69) is 32.3 Å². The number of hydrogen-bond donors (Lipinski definition) is 1. The number of hydrogen-bond acceptors (Lipinski definition) is 2. The first-order chi connectivity index (χ1) is 7.20. The Kier molecular flexibility index (Phi) is 11.0. The monoisotopic (exact) mass is 231 g/mol. The van der Waals surface area contributed by atoms with E-state index in [1.165, 1.54) is 44.3 Å². The van der Waals surface area contributed by atoms with Crippen LogP contribution in [0.5, 0.6) is 0 Å². The van der Waals surface area contributed by atoms with Crippen LogP contribution in [0.3, 0.4) is 0 Å². The molecule has 0 aliphatic rings. The second-order valence-electron chi connectivity index (χ2n) is 4.60. The number of rotatable bonds is 10. The highest BCUT2D eigenvalue weighted by Crippen LogP contribution is 2.07. The second kappa shape index (κ2) is 10.8. The Balaban J connectivity index is 3.33. The third kappa shape index (κ3) is 10.6. The SMILES string of the molecule is CCCCCCC(C)NC(C)CCSC. The van der Waals surface area contributed by atoms with Gasteiger partial charge < -0.3 is 5.32 Å². The number of unbranched alkanes of at least 4 members (excludes halogenated alkanes) is 3. The van der Waals surface area contributed by atoms with E-state index in [-0.39, 0.29) is 0 Å². The van der Waals surface area contributed by atoms with Crippen molar-refractivity contribution < 1.29 is 0 Å². The zero-order valence-electron chi connectivity index (χ0n) is 11.0. The maximum Gasteiger partial charge on any atom is 0.00490 e. The molecule has 0 amide bonds. The Hall–Kier alpha value is 0.310. The fourth-order valence-corrected chi connectivity index (χ4v) is 2.41. The van der Waals surface area contributed by atoms with Crippen LogP contribution >= 0.6 is 11.8 Å². The summed E-state index contributed by atoms with van der Waals surface area (Å²) in [5, 5.41) is 3.68. The third-order valence-electron chi connectivity index (χ3n) is 2.81. The van der Waals surface area contributed by atoms with Crippen molar-refractivity contribution in [3.8, 4) is 0 Å². The second-order valence-corrected chi connectivity index (χ2v) is 5.59. The summed E-state index contributed by atoms with van der Waals surface area (Å²) in [4.78, 5) is 0. The highest BCUT2D eigenvalue weighted by Gasteiger charge is 2.06. The van der Waals surface area contributed by atoms with Crippen molar-refractivity contribution in [2.75, 3.05) is 12.0 Å². The highest BCUT2D eigenvalue weighted by molar-refractivity contribution is 7.98. The molecule has 2 atom stereocenters. The molecule has 0 aromatic heterocycles. The van der Waals surface area contributed by atoms with Gasteiger partial charge in [-0.05, 0) is 38.7 Å². The summed E-state index contributed by atoms with van der Waals surface area (Å²) in [6, 6.07) is 1.37. The van der Waals surface area contributed by atoms with Gasteiger partial charge in [0.05, 0.1) is 0 Å². The van der Waals surface area contributed by atoms with Crippen LogP contribution in [0.4, 0.5) is 0 Å². The Labute approximate surface area is 101 Å². The minimum Gasteiger partial charge on any atom is -0.312 e. The maximum atomic E-state index is 3.68. The molecule has 0 rings (SSSR count). The lowest BCUT2D eigenvalue weighted by molar-refractivity contribution is 0.425. The molecule has 0 saturated heterocycles. The molecule has 0 aliphatic carbocycles. The molecule has 0 heterocycles. The fourth-order valence-electron chi connectivity index (χ4n) is 1.82. The Morgan fingerprint density at radius 2 is 1.67 bits per heavy atom. The van der Waals surface area contributed by atoms with Crippen molar-refractivity contribution in [2.45, 2.75) is 71.4 Å². The van der Waals surface area contributed by atoms with Gasteiger partial charge in [-0.3, -0.25) is 0 Å². The molecule has 0 saturated carbocycles. The molecule has 0 aliphatic heterocycles. The summed E-state index contributed by atoms with van der Waals surface area (Å²) in [6.45, 7) is 6.90. The maximum absolute atomic E-state index is 3.68. The molecule has 0 aromatic rings. The van der Waals surface area contributed by atoms with Crippen LogP contribution in [0.15, 0.2) is 0 Å². The topological polar surface area (TPSA) is 12.0 Å². The van der Waals surface area contributed by atoms with E-state index in [0.29, 0.717) is 12.1 Å². The lowest BCUT2D eigenvalue weighted by Crippen LogP contribution is -2.34. The predicted molar refractivity (Wildman–Crippen MR) is 73.8 cm³/mol. The molecular formula is C13H29NS. The first kappa shape index (κ1) is 15.3. The molecule has 15 heavy (non-hydrogen) atoms. The average Bonchev–Trinajstić information content (AvgIpc) is 2.21. The van der Waals surface area contributed by atoms with Crippen molar-refractivity contribution >= 4 is 11.8 Å². The van der Waals surface area contributed by atoms with E-state index in [9.17, 15) is 0 Å². The lowest BCUT2D eigenvalue weighted by Gasteiger charge is -2.19. The molecule has 92 valence electrons. The van der Waals surface area contributed by atoms with Crippen LogP contribution in [-0.4, -0.2) is 24.1 Å². The van der Waals surface area contributed by atoms with Gasteiger partial charge in [0.1, 0.15) is 0 Å². The van der Waals surface area contributed by atoms with Crippen molar-refractivity contribution in [1.29, 1.82) is 0 Å². The van der Waals surface area contributed by atoms with Crippen LogP contribution in [0.1, 0.15) is 59.3 Å². The number of nitrogens with one attached hydrogen (secondary N) is 1. The smallest absolute Gasteiger partial charge is 0.00490 e. The van der Waals surface area contributed by atoms with E-state index in [1.54, 1.807) is 0 Å². The van der Waals surface area contributed by atoms with E-state index >= 15 is 0 Å². The average molecular weight is 231 g/mol. The molecule has 0 aromatic carbocycles. The normalized spacial score (nSPS) is 15.2. The van der Waals surface area contributed by atoms with Crippen LogP contribution in [0.25, 0.3) is 0 Å². The van der Waals surface area contributed by atoms with Gasteiger partial charge >= 0.3 is 0 Å². The summed E-state index contributed by atoms with van der Waals surface area (Å²) in [7, 11) is 0. The van der Waals surface area contributed by atoms with Crippen LogP contribution in [0.2, 0.25) is 0 Å². The molecule has 2 heteroatoms. The van der Waals surface area contributed by atoms with E-state index in [0.717, 1.165) is 0 Å². The third-order valence-corrected chi connectivity index (χ3v) is 3.46. The van der Waals surface area contributed by atoms with E-state index in [4.69, 9.17) is 0 Å². The minimum atomic E-state index is 0.679. The lowest BCUT2D eigenvalue weighted by atomic mass is 10.1. The number of thioether (sulfide) groups is 1. The molecule has 2 unspecified atom stereocenters. The van der Waals surface area contributed by atoms with Crippen LogP contribution in [0, 0.1) is 0 Å². The van der Waals surface area contributed by atoms with Gasteiger partial charge in [-0.1, -0.05) is 32.6 Å². The van der Waals surface area contributed by atoms with Gasteiger partial charge in [0.25, 0.3) is 0 Å². The zero-order chi connectivity index (χ0) is 11.5. The van der Waals surface area contributed by atoms with Gasteiger partial charge in [-0.25, -0.2) is 0 Å². The summed E-state index contributed by atoms with van der Waals surface area (Å²) in [5.74, 6) is 1.27. The summed E-state index contributed by atoms with van der Waals surface area (Å²) >= 11 is 1.94.